The molecule has 0 aliphatic rings. The molecule has 7 nitrogen and oxygen atoms in total. The van der Waals surface area contributed by atoms with E-state index in [2.05, 4.69) is 4.98 Å². The van der Waals surface area contributed by atoms with Crippen LogP contribution in [0.3, 0.4) is 0 Å². The van der Waals surface area contributed by atoms with Crippen molar-refractivity contribution in [1.29, 1.82) is 0 Å². The van der Waals surface area contributed by atoms with Gasteiger partial charge in [-0.3, -0.25) is 10.1 Å². The summed E-state index contributed by atoms with van der Waals surface area (Å²) in [7, 11) is 2.89. The zero-order chi connectivity index (χ0) is 20.4. The summed E-state index contributed by atoms with van der Waals surface area (Å²) in [5.74, 6) is 0.607. The summed E-state index contributed by atoms with van der Waals surface area (Å²) >= 11 is 12.7. The van der Waals surface area contributed by atoms with Crippen LogP contribution in [-0.4, -0.2) is 35.8 Å². The van der Waals surface area contributed by atoms with Crippen LogP contribution >= 0.6 is 23.2 Å². The van der Waals surface area contributed by atoms with Crippen LogP contribution < -0.4 is 9.47 Å². The number of hydrogen-bond donors (Lipinski definition) is 1. The molecule has 1 heterocycles. The SMILES string of the molecule is COc1c(Cl)c(CCO)c(OC)c2c(-c3ccccc3[N+](=O)[O-])cc(Cl)nc12. The van der Waals surface area contributed by atoms with Crippen molar-refractivity contribution in [2.24, 2.45) is 0 Å². The van der Waals surface area contributed by atoms with Crippen molar-refractivity contribution in [2.75, 3.05) is 20.8 Å². The first-order chi connectivity index (χ1) is 13.4. The third-order valence-electron chi connectivity index (χ3n) is 4.33. The smallest absolute Gasteiger partial charge is 0.277 e. The minimum Gasteiger partial charge on any atom is -0.496 e. The Morgan fingerprint density at radius 1 is 1.14 bits per heavy atom. The fraction of sp³-hybridized carbons (Fsp3) is 0.211. The van der Waals surface area contributed by atoms with Crippen LogP contribution in [0.5, 0.6) is 11.5 Å². The quantitative estimate of drug-likeness (QED) is 0.352. The number of benzene rings is 2. The number of rotatable bonds is 6. The third-order valence-corrected chi connectivity index (χ3v) is 4.92. The molecule has 1 N–H and O–H groups in total. The average Bonchev–Trinajstić information content (AvgIpc) is 2.68. The molecule has 3 rings (SSSR count). The molecule has 0 radical (unpaired) electrons. The van der Waals surface area contributed by atoms with E-state index < -0.39 is 4.92 Å². The van der Waals surface area contributed by atoms with Gasteiger partial charge >= 0.3 is 0 Å². The molecule has 0 aliphatic carbocycles. The molecule has 0 bridgehead atoms. The Hall–Kier alpha value is -2.61. The first-order valence-electron chi connectivity index (χ1n) is 8.21. The molecule has 0 fully saturated rings. The normalized spacial score (nSPS) is 10.9. The van der Waals surface area contributed by atoms with E-state index in [1.54, 1.807) is 18.2 Å². The number of halogens is 2. The fourth-order valence-electron chi connectivity index (χ4n) is 3.22. The van der Waals surface area contributed by atoms with E-state index in [0.29, 0.717) is 33.3 Å². The lowest BCUT2D eigenvalue weighted by atomic mass is 9.96. The van der Waals surface area contributed by atoms with Crippen LogP contribution in [0.15, 0.2) is 30.3 Å². The summed E-state index contributed by atoms with van der Waals surface area (Å²) in [6.07, 6.45) is 0.202. The first-order valence-corrected chi connectivity index (χ1v) is 8.97. The Kier molecular flexibility index (Phi) is 5.88. The largest absolute Gasteiger partial charge is 0.496 e. The Morgan fingerprint density at radius 2 is 1.82 bits per heavy atom. The molecule has 3 aromatic rings. The topological polar surface area (TPSA) is 94.7 Å². The number of nitro benzene ring substituents is 1. The molecule has 146 valence electrons. The summed E-state index contributed by atoms with van der Waals surface area (Å²) in [6.45, 7) is -0.174. The van der Waals surface area contributed by atoms with Crippen LogP contribution in [0.1, 0.15) is 5.56 Å². The lowest BCUT2D eigenvalue weighted by molar-refractivity contribution is -0.384. The molecule has 0 spiro atoms. The van der Waals surface area contributed by atoms with Crippen molar-refractivity contribution >= 4 is 39.8 Å². The minimum absolute atomic E-state index is 0.0919. The predicted molar refractivity (Wildman–Crippen MR) is 108 cm³/mol. The molecule has 28 heavy (non-hydrogen) atoms. The number of para-hydroxylation sites is 1. The predicted octanol–water partition coefficient (Wildman–Crippen LogP) is 4.67. The minimum atomic E-state index is -0.468. The lowest BCUT2D eigenvalue weighted by Crippen LogP contribution is -2.03. The highest BCUT2D eigenvalue weighted by atomic mass is 35.5. The Bertz CT molecular complexity index is 1070. The number of nitrogens with zero attached hydrogens (tertiary/aromatic N) is 2. The van der Waals surface area contributed by atoms with Gasteiger partial charge in [0.05, 0.1) is 35.1 Å². The van der Waals surface area contributed by atoms with Crippen molar-refractivity contribution in [3.05, 3.63) is 56.2 Å². The van der Waals surface area contributed by atoms with Crippen molar-refractivity contribution < 1.29 is 19.5 Å². The first kappa shape index (κ1) is 20.1. The fourth-order valence-corrected chi connectivity index (χ4v) is 3.76. The van der Waals surface area contributed by atoms with Crippen LogP contribution in [0, 0.1) is 10.1 Å². The maximum absolute atomic E-state index is 11.6. The number of aromatic nitrogens is 1. The molecule has 0 atom stereocenters. The number of hydrogen-bond acceptors (Lipinski definition) is 6. The number of aliphatic hydroxyl groups is 1. The van der Waals surface area contributed by atoms with Crippen molar-refractivity contribution in [2.45, 2.75) is 6.42 Å². The maximum Gasteiger partial charge on any atom is 0.277 e. The Labute approximate surface area is 170 Å². The van der Waals surface area contributed by atoms with Gasteiger partial charge in [-0.2, -0.15) is 0 Å². The maximum atomic E-state index is 11.6. The molecule has 0 unspecified atom stereocenters. The Balaban J connectivity index is 2.55. The highest BCUT2D eigenvalue weighted by molar-refractivity contribution is 6.35. The van der Waals surface area contributed by atoms with Crippen LogP contribution in [0.25, 0.3) is 22.0 Å². The molecular weight excluding hydrogens is 407 g/mol. The van der Waals surface area contributed by atoms with Gasteiger partial charge in [0.1, 0.15) is 16.4 Å². The van der Waals surface area contributed by atoms with E-state index in [4.69, 9.17) is 32.7 Å². The molecule has 2 aromatic carbocycles. The van der Waals surface area contributed by atoms with Gasteiger partial charge in [0, 0.05) is 30.2 Å². The second-order valence-corrected chi connectivity index (χ2v) is 6.59. The van der Waals surface area contributed by atoms with Gasteiger partial charge in [-0.05, 0) is 12.1 Å². The van der Waals surface area contributed by atoms with E-state index in [1.807, 2.05) is 0 Å². The van der Waals surface area contributed by atoms with Gasteiger partial charge in [-0.15, -0.1) is 0 Å². The van der Waals surface area contributed by atoms with Crippen LogP contribution in [0.2, 0.25) is 10.2 Å². The molecule has 0 saturated carbocycles. The van der Waals surface area contributed by atoms with Gasteiger partial charge in [0.2, 0.25) is 0 Å². The number of aliphatic hydroxyl groups excluding tert-OH is 1. The summed E-state index contributed by atoms with van der Waals surface area (Å²) in [5.41, 5.74) is 1.53. The molecule has 0 saturated heterocycles. The van der Waals surface area contributed by atoms with Gasteiger partial charge in [-0.25, -0.2) is 4.98 Å². The molecule has 1 aromatic heterocycles. The van der Waals surface area contributed by atoms with Crippen LogP contribution in [0.4, 0.5) is 5.69 Å². The number of ether oxygens (including phenoxy) is 2. The van der Waals surface area contributed by atoms with E-state index in [1.165, 1.54) is 26.4 Å². The summed E-state index contributed by atoms with van der Waals surface area (Å²) in [4.78, 5) is 15.4. The standard InChI is InChI=1S/C19H16Cl2N2O5/c1-27-18-11(7-8-24)16(21)19(28-2)17-15(18)12(9-14(20)22-17)10-5-3-4-6-13(10)23(25)26/h3-6,9,24H,7-8H2,1-2H3. The molecule has 0 amide bonds. The monoisotopic (exact) mass is 422 g/mol. The molecule has 9 heteroatoms. The second kappa shape index (κ2) is 8.18. The Morgan fingerprint density at radius 3 is 2.43 bits per heavy atom. The highest BCUT2D eigenvalue weighted by Crippen LogP contribution is 2.48. The van der Waals surface area contributed by atoms with E-state index in [9.17, 15) is 15.2 Å². The third kappa shape index (κ3) is 3.32. The average molecular weight is 423 g/mol. The summed E-state index contributed by atoms with van der Waals surface area (Å²) in [6, 6.07) is 7.83. The van der Waals surface area contributed by atoms with Crippen molar-refractivity contribution in [1.82, 2.24) is 4.98 Å². The van der Waals surface area contributed by atoms with E-state index in [-0.39, 0.29) is 34.6 Å². The lowest BCUT2D eigenvalue weighted by Gasteiger charge is -2.19. The number of nitro groups is 1. The van der Waals surface area contributed by atoms with Crippen molar-refractivity contribution in [3.63, 3.8) is 0 Å². The molecule has 0 aliphatic heterocycles. The van der Waals surface area contributed by atoms with Gasteiger partial charge < -0.3 is 14.6 Å². The number of methoxy groups -OCH3 is 2. The zero-order valence-corrected chi connectivity index (χ0v) is 16.5. The summed E-state index contributed by atoms with van der Waals surface area (Å²) < 4.78 is 11.0. The van der Waals surface area contributed by atoms with E-state index in [0.717, 1.165) is 0 Å². The van der Waals surface area contributed by atoms with Gasteiger partial charge in [-0.1, -0.05) is 35.3 Å². The number of pyridine rings is 1. The highest BCUT2D eigenvalue weighted by Gasteiger charge is 2.26. The molecular formula is C19H16Cl2N2O5. The van der Waals surface area contributed by atoms with Crippen LogP contribution in [-0.2, 0) is 6.42 Å². The zero-order valence-electron chi connectivity index (χ0n) is 15.0. The van der Waals surface area contributed by atoms with Gasteiger partial charge in [0.15, 0.2) is 5.75 Å². The van der Waals surface area contributed by atoms with Crippen molar-refractivity contribution in [3.8, 4) is 22.6 Å². The van der Waals surface area contributed by atoms with Gasteiger partial charge in [0.25, 0.3) is 5.69 Å². The summed E-state index contributed by atoms with van der Waals surface area (Å²) in [5, 5.41) is 21.9. The second-order valence-electron chi connectivity index (χ2n) is 5.82. The van der Waals surface area contributed by atoms with E-state index >= 15 is 0 Å². The number of fused-ring (bicyclic) bond motifs is 1.